The van der Waals surface area contributed by atoms with Crippen molar-refractivity contribution in [2.45, 2.75) is 13.0 Å². The van der Waals surface area contributed by atoms with Crippen molar-refractivity contribution in [2.24, 2.45) is 0 Å². The zero-order valence-corrected chi connectivity index (χ0v) is 9.41. The van der Waals surface area contributed by atoms with Crippen LogP contribution in [0, 0.1) is 0 Å². The fraction of sp³-hybridized carbons (Fsp3) is 0.333. The number of hydrogen-bond donors (Lipinski definition) is 1. The van der Waals surface area contributed by atoms with Crippen molar-refractivity contribution in [1.29, 1.82) is 0 Å². The molecule has 0 bridgehead atoms. The Kier molecular flexibility index (Phi) is 3.98. The van der Waals surface area contributed by atoms with E-state index in [4.69, 9.17) is 0 Å². The van der Waals surface area contributed by atoms with Gasteiger partial charge in [0.25, 0.3) is 0 Å². The molecule has 0 radical (unpaired) electrons. The fourth-order valence-corrected chi connectivity index (χ4v) is 2.51. The third-order valence-corrected chi connectivity index (χ3v) is 3.27. The average molecular weight is 246 g/mol. The fourth-order valence-electron chi connectivity index (χ4n) is 1.02. The Hall–Kier alpha value is -0.120. The number of hydrogen-bond acceptors (Lipinski definition) is 2. The first-order valence-corrected chi connectivity index (χ1v) is 5.50. The Morgan fingerprint density at radius 3 is 2.92 bits per heavy atom. The van der Waals surface area contributed by atoms with E-state index in [2.05, 4.69) is 46.9 Å². The van der Waals surface area contributed by atoms with Crippen LogP contribution in [0.25, 0.3) is 0 Å². The van der Waals surface area contributed by atoms with E-state index in [1.54, 1.807) is 11.3 Å². The van der Waals surface area contributed by atoms with Crippen LogP contribution >= 0.6 is 27.3 Å². The lowest BCUT2D eigenvalue weighted by Gasteiger charge is -2.10. The highest BCUT2D eigenvalue weighted by atomic mass is 79.9. The van der Waals surface area contributed by atoms with Gasteiger partial charge in [0, 0.05) is 4.88 Å². The molecule has 66 valence electrons. The van der Waals surface area contributed by atoms with E-state index in [9.17, 15) is 0 Å². The molecule has 1 heterocycles. The highest BCUT2D eigenvalue weighted by molar-refractivity contribution is 9.11. The maximum atomic E-state index is 3.79. The van der Waals surface area contributed by atoms with E-state index < -0.39 is 0 Å². The van der Waals surface area contributed by atoms with E-state index in [1.165, 1.54) is 8.66 Å². The summed E-state index contributed by atoms with van der Waals surface area (Å²) in [6.45, 7) is 6.85. The van der Waals surface area contributed by atoms with Crippen molar-refractivity contribution in [3.8, 4) is 0 Å². The molecule has 1 unspecified atom stereocenters. The van der Waals surface area contributed by atoms with Crippen LogP contribution in [-0.4, -0.2) is 6.54 Å². The monoisotopic (exact) mass is 245 g/mol. The van der Waals surface area contributed by atoms with Crippen LogP contribution in [0.1, 0.15) is 17.8 Å². The van der Waals surface area contributed by atoms with Gasteiger partial charge < -0.3 is 5.32 Å². The molecule has 1 nitrogen and oxygen atoms in total. The van der Waals surface area contributed by atoms with Crippen LogP contribution in [0.5, 0.6) is 0 Å². The summed E-state index contributed by atoms with van der Waals surface area (Å²) < 4.78 is 1.17. The molecular formula is C9H12BrNS. The maximum Gasteiger partial charge on any atom is 0.0702 e. The van der Waals surface area contributed by atoms with E-state index in [-0.39, 0.29) is 0 Å². The molecule has 0 aliphatic heterocycles. The van der Waals surface area contributed by atoms with Crippen LogP contribution in [-0.2, 0) is 0 Å². The van der Waals surface area contributed by atoms with Gasteiger partial charge >= 0.3 is 0 Å². The number of nitrogens with one attached hydrogen (secondary N) is 1. The third kappa shape index (κ3) is 2.44. The number of thiophene rings is 1. The molecule has 0 amide bonds. The van der Waals surface area contributed by atoms with Gasteiger partial charge in [-0.1, -0.05) is 13.0 Å². The molecule has 1 N–H and O–H groups in total. The average Bonchev–Trinajstić information content (AvgIpc) is 2.47. The van der Waals surface area contributed by atoms with Gasteiger partial charge in [-0.2, -0.15) is 0 Å². The highest BCUT2D eigenvalue weighted by Crippen LogP contribution is 2.27. The summed E-state index contributed by atoms with van der Waals surface area (Å²) in [5.74, 6) is 0. The van der Waals surface area contributed by atoms with Crippen LogP contribution in [0.15, 0.2) is 28.6 Å². The minimum Gasteiger partial charge on any atom is -0.306 e. The Balaban J connectivity index is 2.72. The Bertz CT molecular complexity index is 257. The number of halogens is 1. The normalized spacial score (nSPS) is 12.8. The molecule has 3 heteroatoms. The molecule has 0 fully saturated rings. The van der Waals surface area contributed by atoms with Crippen molar-refractivity contribution >= 4 is 27.3 Å². The summed E-state index contributed by atoms with van der Waals surface area (Å²) in [6.07, 6.45) is 1.93. The van der Waals surface area contributed by atoms with Gasteiger partial charge in [-0.15, -0.1) is 17.9 Å². The predicted molar refractivity (Wildman–Crippen MR) is 58.6 cm³/mol. The summed E-state index contributed by atoms with van der Waals surface area (Å²) in [7, 11) is 0. The molecule has 1 aromatic rings. The molecule has 0 saturated carbocycles. The Morgan fingerprint density at radius 1 is 1.75 bits per heavy atom. The lowest BCUT2D eigenvalue weighted by molar-refractivity contribution is 0.658. The van der Waals surface area contributed by atoms with Crippen molar-refractivity contribution in [3.05, 3.63) is 33.5 Å². The first kappa shape index (κ1) is 9.96. The van der Waals surface area contributed by atoms with Gasteiger partial charge in [-0.3, -0.25) is 0 Å². The van der Waals surface area contributed by atoms with E-state index >= 15 is 0 Å². The minimum atomic E-state index is 0.297. The van der Waals surface area contributed by atoms with Crippen LogP contribution < -0.4 is 5.32 Å². The van der Waals surface area contributed by atoms with Gasteiger partial charge in [0.05, 0.1) is 9.83 Å². The molecule has 1 aromatic heterocycles. The standard InChI is InChI=1S/C9H12BrNS/c1-3-7(11-4-2)8-5-6-9(10)12-8/h3,5-7,11H,1,4H2,2H3. The lowest BCUT2D eigenvalue weighted by Crippen LogP contribution is -2.17. The Morgan fingerprint density at radius 2 is 2.50 bits per heavy atom. The van der Waals surface area contributed by atoms with E-state index in [1.807, 2.05) is 6.08 Å². The zero-order chi connectivity index (χ0) is 8.97. The Labute approximate surface area is 85.6 Å². The maximum absolute atomic E-state index is 3.79. The molecular weight excluding hydrogens is 234 g/mol. The SMILES string of the molecule is C=CC(NCC)c1ccc(Br)s1. The summed E-state index contributed by atoms with van der Waals surface area (Å²) >= 11 is 5.18. The van der Waals surface area contributed by atoms with Gasteiger partial charge in [-0.25, -0.2) is 0 Å². The molecule has 1 rings (SSSR count). The minimum absolute atomic E-state index is 0.297. The second kappa shape index (κ2) is 4.80. The summed E-state index contributed by atoms with van der Waals surface area (Å²) in [4.78, 5) is 1.30. The summed E-state index contributed by atoms with van der Waals surface area (Å²) in [6, 6.07) is 4.48. The number of likely N-dealkylation sites (N-methyl/N-ethyl adjacent to an activating group) is 1. The number of rotatable bonds is 4. The summed E-state index contributed by atoms with van der Waals surface area (Å²) in [5.41, 5.74) is 0. The van der Waals surface area contributed by atoms with Crippen molar-refractivity contribution in [3.63, 3.8) is 0 Å². The molecule has 0 spiro atoms. The predicted octanol–water partition coefficient (Wildman–Crippen LogP) is 3.35. The van der Waals surface area contributed by atoms with E-state index in [0.29, 0.717) is 6.04 Å². The van der Waals surface area contributed by atoms with Crippen molar-refractivity contribution in [1.82, 2.24) is 5.32 Å². The molecule has 12 heavy (non-hydrogen) atoms. The second-order valence-electron chi connectivity index (χ2n) is 2.41. The first-order valence-electron chi connectivity index (χ1n) is 3.89. The van der Waals surface area contributed by atoms with Crippen LogP contribution in [0.3, 0.4) is 0 Å². The lowest BCUT2D eigenvalue weighted by atomic mass is 10.2. The van der Waals surface area contributed by atoms with Gasteiger partial charge in [0.15, 0.2) is 0 Å². The van der Waals surface area contributed by atoms with Crippen LogP contribution in [0.4, 0.5) is 0 Å². The molecule has 0 saturated heterocycles. The first-order chi connectivity index (χ1) is 5.77. The topological polar surface area (TPSA) is 12.0 Å². The summed E-state index contributed by atoms with van der Waals surface area (Å²) in [5, 5.41) is 3.33. The smallest absolute Gasteiger partial charge is 0.0702 e. The van der Waals surface area contributed by atoms with Gasteiger partial charge in [0.1, 0.15) is 0 Å². The third-order valence-electron chi connectivity index (χ3n) is 1.56. The quantitative estimate of drug-likeness (QED) is 0.803. The van der Waals surface area contributed by atoms with Crippen molar-refractivity contribution < 1.29 is 0 Å². The largest absolute Gasteiger partial charge is 0.306 e. The molecule has 1 atom stereocenters. The highest BCUT2D eigenvalue weighted by Gasteiger charge is 2.07. The van der Waals surface area contributed by atoms with Crippen LogP contribution in [0.2, 0.25) is 0 Å². The van der Waals surface area contributed by atoms with E-state index in [0.717, 1.165) is 6.54 Å². The molecule has 0 aliphatic rings. The second-order valence-corrected chi connectivity index (χ2v) is 4.91. The van der Waals surface area contributed by atoms with Crippen molar-refractivity contribution in [2.75, 3.05) is 6.54 Å². The molecule has 0 aliphatic carbocycles. The zero-order valence-electron chi connectivity index (χ0n) is 7.01. The molecule has 0 aromatic carbocycles. The van der Waals surface area contributed by atoms with Gasteiger partial charge in [0.2, 0.25) is 0 Å². The van der Waals surface area contributed by atoms with Gasteiger partial charge in [-0.05, 0) is 34.6 Å².